The first-order valence-corrected chi connectivity index (χ1v) is 9.12. The molecule has 2 aromatic rings. The number of aryl methyl sites for hydroxylation is 1. The number of amides is 1. The maximum absolute atomic E-state index is 12.1. The molecule has 0 aliphatic heterocycles. The predicted octanol–water partition coefficient (Wildman–Crippen LogP) is 3.74. The molecule has 24 heavy (non-hydrogen) atoms. The Hall–Kier alpha value is -1.52. The van der Waals surface area contributed by atoms with E-state index in [1.807, 2.05) is 24.4 Å². The summed E-state index contributed by atoms with van der Waals surface area (Å²) >= 11 is 6.01. The van der Waals surface area contributed by atoms with Gasteiger partial charge >= 0.3 is 0 Å². The van der Waals surface area contributed by atoms with Gasteiger partial charge in [0.25, 0.3) is 0 Å². The standard InChI is InChI=1S/C19H25ClN2O2/c20-16-4-5-17-15(13-16)6-11-22(17)10-1-3-18(24)21-14-19(9-12-23)7-2-8-19/h4-6,11,13,23H,1-3,7-10,12,14H2,(H,21,24). The SMILES string of the molecule is O=C(CCCn1ccc2cc(Cl)ccc21)NCC1(CCO)CCC1. The van der Waals surface area contributed by atoms with Crippen LogP contribution in [0.2, 0.25) is 5.02 Å². The quantitative estimate of drug-likeness (QED) is 0.763. The third-order valence-electron chi connectivity index (χ3n) is 5.25. The Bertz CT molecular complexity index is 706. The molecule has 2 N–H and O–H groups in total. The third-order valence-corrected chi connectivity index (χ3v) is 5.49. The second-order valence-electron chi connectivity index (χ2n) is 6.92. The summed E-state index contributed by atoms with van der Waals surface area (Å²) in [6, 6.07) is 7.93. The van der Waals surface area contributed by atoms with E-state index in [-0.39, 0.29) is 17.9 Å². The lowest BCUT2D eigenvalue weighted by Crippen LogP contribution is -2.42. The van der Waals surface area contributed by atoms with Crippen LogP contribution in [-0.2, 0) is 11.3 Å². The van der Waals surface area contributed by atoms with Crippen LogP contribution >= 0.6 is 11.6 Å². The summed E-state index contributed by atoms with van der Waals surface area (Å²) in [5, 5.41) is 14.1. The lowest BCUT2D eigenvalue weighted by molar-refractivity contribution is -0.122. The monoisotopic (exact) mass is 348 g/mol. The van der Waals surface area contributed by atoms with Crippen LogP contribution in [-0.4, -0.2) is 28.7 Å². The van der Waals surface area contributed by atoms with E-state index in [9.17, 15) is 4.79 Å². The Labute approximate surface area is 147 Å². The number of carbonyl (C=O) groups excluding carboxylic acids is 1. The second kappa shape index (κ2) is 7.58. The van der Waals surface area contributed by atoms with Crippen molar-refractivity contribution < 1.29 is 9.90 Å². The van der Waals surface area contributed by atoms with Gasteiger partial charge in [-0.25, -0.2) is 0 Å². The van der Waals surface area contributed by atoms with Crippen molar-refractivity contribution in [3.63, 3.8) is 0 Å². The van der Waals surface area contributed by atoms with Crippen molar-refractivity contribution in [1.29, 1.82) is 0 Å². The van der Waals surface area contributed by atoms with Gasteiger partial charge in [-0.3, -0.25) is 4.79 Å². The number of benzene rings is 1. The van der Waals surface area contributed by atoms with Gasteiger partial charge in [0.15, 0.2) is 0 Å². The molecule has 1 aliphatic rings. The summed E-state index contributed by atoms with van der Waals surface area (Å²) in [4.78, 5) is 12.1. The summed E-state index contributed by atoms with van der Waals surface area (Å²) in [6.45, 7) is 1.73. The number of aliphatic hydroxyl groups excluding tert-OH is 1. The molecule has 1 amide bonds. The molecule has 0 radical (unpaired) electrons. The zero-order chi connectivity index (χ0) is 17.0. The van der Waals surface area contributed by atoms with E-state index >= 15 is 0 Å². The highest BCUT2D eigenvalue weighted by atomic mass is 35.5. The van der Waals surface area contributed by atoms with Gasteiger partial charge in [0.05, 0.1) is 0 Å². The fourth-order valence-electron chi connectivity index (χ4n) is 3.58. The van der Waals surface area contributed by atoms with Crippen LogP contribution < -0.4 is 5.32 Å². The predicted molar refractivity (Wildman–Crippen MR) is 97.2 cm³/mol. The molecule has 0 atom stereocenters. The number of halogens is 1. The third kappa shape index (κ3) is 3.93. The lowest BCUT2D eigenvalue weighted by atomic mass is 9.67. The molecule has 1 aromatic heterocycles. The van der Waals surface area contributed by atoms with Gasteiger partial charge in [0, 0.05) is 48.2 Å². The maximum Gasteiger partial charge on any atom is 0.220 e. The van der Waals surface area contributed by atoms with E-state index in [1.54, 1.807) is 0 Å². The van der Waals surface area contributed by atoms with Crippen LogP contribution in [0.15, 0.2) is 30.5 Å². The Kier molecular flexibility index (Phi) is 5.47. The number of rotatable bonds is 8. The van der Waals surface area contributed by atoms with Gasteiger partial charge in [-0.2, -0.15) is 0 Å². The molecule has 1 aliphatic carbocycles. The molecule has 1 fully saturated rings. The highest BCUT2D eigenvalue weighted by Crippen LogP contribution is 2.43. The number of aliphatic hydroxyl groups is 1. The Balaban J connectivity index is 1.44. The molecular weight excluding hydrogens is 324 g/mol. The molecule has 4 nitrogen and oxygen atoms in total. The minimum Gasteiger partial charge on any atom is -0.396 e. The van der Waals surface area contributed by atoms with Crippen LogP contribution in [0.3, 0.4) is 0 Å². The maximum atomic E-state index is 12.1. The Morgan fingerprint density at radius 3 is 2.88 bits per heavy atom. The molecule has 1 saturated carbocycles. The average Bonchev–Trinajstić information content (AvgIpc) is 2.92. The summed E-state index contributed by atoms with van der Waals surface area (Å²) in [5.74, 6) is 0.110. The van der Waals surface area contributed by atoms with E-state index in [0.29, 0.717) is 13.0 Å². The van der Waals surface area contributed by atoms with Gasteiger partial charge < -0.3 is 15.0 Å². The number of hydrogen-bond acceptors (Lipinski definition) is 2. The van der Waals surface area contributed by atoms with Gasteiger partial charge in [0.1, 0.15) is 0 Å². The van der Waals surface area contributed by atoms with E-state index in [0.717, 1.165) is 48.2 Å². The van der Waals surface area contributed by atoms with Crippen LogP contribution in [0, 0.1) is 5.41 Å². The molecule has 0 spiro atoms. The summed E-state index contributed by atoms with van der Waals surface area (Å²) in [7, 11) is 0. The topological polar surface area (TPSA) is 54.3 Å². The second-order valence-corrected chi connectivity index (χ2v) is 7.36. The largest absolute Gasteiger partial charge is 0.396 e. The number of fused-ring (bicyclic) bond motifs is 1. The van der Waals surface area contributed by atoms with Crippen LogP contribution in [0.5, 0.6) is 0 Å². The van der Waals surface area contributed by atoms with Crippen molar-refractivity contribution >= 4 is 28.4 Å². The molecule has 0 bridgehead atoms. The number of nitrogens with one attached hydrogen (secondary N) is 1. The summed E-state index contributed by atoms with van der Waals surface area (Å²) < 4.78 is 2.16. The van der Waals surface area contributed by atoms with Crippen molar-refractivity contribution in [1.82, 2.24) is 9.88 Å². The van der Waals surface area contributed by atoms with Crippen LogP contribution in [0.1, 0.15) is 38.5 Å². The normalized spacial score (nSPS) is 16.1. The first kappa shape index (κ1) is 17.3. The van der Waals surface area contributed by atoms with Gasteiger partial charge in [0.2, 0.25) is 5.91 Å². The summed E-state index contributed by atoms with van der Waals surface area (Å²) in [5.41, 5.74) is 1.30. The van der Waals surface area contributed by atoms with Gasteiger partial charge in [-0.05, 0) is 55.4 Å². The van der Waals surface area contributed by atoms with Crippen molar-refractivity contribution in [2.75, 3.05) is 13.2 Å². The minimum atomic E-state index is 0.110. The van der Waals surface area contributed by atoms with Crippen molar-refractivity contribution in [2.45, 2.75) is 45.1 Å². The molecule has 130 valence electrons. The highest BCUT2D eigenvalue weighted by Gasteiger charge is 2.36. The fourth-order valence-corrected chi connectivity index (χ4v) is 3.76. The Morgan fingerprint density at radius 2 is 2.17 bits per heavy atom. The molecule has 5 heteroatoms. The van der Waals surface area contributed by atoms with Crippen molar-refractivity contribution in [3.8, 4) is 0 Å². The van der Waals surface area contributed by atoms with Crippen LogP contribution in [0.25, 0.3) is 10.9 Å². The number of hydrogen-bond donors (Lipinski definition) is 2. The highest BCUT2D eigenvalue weighted by molar-refractivity contribution is 6.31. The number of carbonyl (C=O) groups is 1. The zero-order valence-electron chi connectivity index (χ0n) is 13.9. The van der Waals surface area contributed by atoms with E-state index in [2.05, 4.69) is 16.0 Å². The lowest BCUT2D eigenvalue weighted by Gasteiger charge is -2.41. The molecular formula is C19H25ClN2O2. The van der Waals surface area contributed by atoms with E-state index < -0.39 is 0 Å². The molecule has 3 rings (SSSR count). The minimum absolute atomic E-state index is 0.110. The number of nitrogens with zero attached hydrogens (tertiary/aromatic N) is 1. The molecule has 0 unspecified atom stereocenters. The Morgan fingerprint density at radius 1 is 1.33 bits per heavy atom. The molecule has 1 aromatic carbocycles. The first-order chi connectivity index (χ1) is 11.6. The smallest absolute Gasteiger partial charge is 0.220 e. The van der Waals surface area contributed by atoms with Crippen molar-refractivity contribution in [3.05, 3.63) is 35.5 Å². The molecule has 0 saturated heterocycles. The van der Waals surface area contributed by atoms with Crippen molar-refractivity contribution in [2.24, 2.45) is 5.41 Å². The van der Waals surface area contributed by atoms with Gasteiger partial charge in [-0.1, -0.05) is 18.0 Å². The fraction of sp³-hybridized carbons (Fsp3) is 0.526. The summed E-state index contributed by atoms with van der Waals surface area (Å²) in [6.07, 6.45) is 7.63. The number of aromatic nitrogens is 1. The zero-order valence-corrected chi connectivity index (χ0v) is 14.7. The van der Waals surface area contributed by atoms with Crippen LogP contribution in [0.4, 0.5) is 0 Å². The van der Waals surface area contributed by atoms with E-state index in [1.165, 1.54) is 6.42 Å². The first-order valence-electron chi connectivity index (χ1n) is 8.74. The van der Waals surface area contributed by atoms with Gasteiger partial charge in [-0.15, -0.1) is 0 Å². The average molecular weight is 349 g/mol. The van der Waals surface area contributed by atoms with E-state index in [4.69, 9.17) is 16.7 Å². The molecule has 1 heterocycles.